The van der Waals surface area contributed by atoms with E-state index in [4.69, 9.17) is 42.3 Å². The van der Waals surface area contributed by atoms with Gasteiger partial charge in [-0.15, -0.1) is 0 Å². The standard InChI is InChI=1S/C52H52N2O16/c1-27(55)65-43-44(66-28(2)56)46(67-29(3)57)49(70-45(43)48(59)62-5)68-38-16-15-31-24-39-52(61)20-18-37(53(4)40(58)17-14-30-19-23-63-25-30)47-51(52,41(31)42(38)69-47)21-22-54(39)50(60)64-26-36-34-12-8-6-10-32(34)33-11-7-9-13-35(33)36/h6-17,19,23,25,36-37,39,43-47,49,61H,18,20-22,24,26H2,1-5H3/b17-14+/t37-,39-,43+,44+,45+,46-,47+,49-,51+,52-/m1/s1. The van der Waals surface area contributed by atoms with Gasteiger partial charge in [-0.3, -0.25) is 19.2 Å². The number of benzene rings is 3. The number of carbonyl (C=O) groups is 6. The molecule has 3 fully saturated rings. The summed E-state index contributed by atoms with van der Waals surface area (Å²) in [6.07, 6.45) is -2.81. The Bertz CT molecular complexity index is 2740. The maximum Gasteiger partial charge on any atom is 0.410 e. The van der Waals surface area contributed by atoms with Gasteiger partial charge in [-0.1, -0.05) is 54.6 Å². The number of aliphatic hydroxyl groups is 1. The van der Waals surface area contributed by atoms with E-state index in [0.717, 1.165) is 55.7 Å². The molecule has 3 aliphatic heterocycles. The predicted molar refractivity (Wildman–Crippen MR) is 243 cm³/mol. The van der Waals surface area contributed by atoms with Crippen LogP contribution in [0.3, 0.4) is 0 Å². The first-order valence-corrected chi connectivity index (χ1v) is 23.2. The molecule has 366 valence electrons. The van der Waals surface area contributed by atoms with Crippen molar-refractivity contribution < 1.29 is 76.2 Å². The van der Waals surface area contributed by atoms with Gasteiger partial charge in [-0.2, -0.15) is 0 Å². The van der Waals surface area contributed by atoms with Crippen LogP contribution in [0.15, 0.2) is 89.7 Å². The van der Waals surface area contributed by atoms with Crippen molar-refractivity contribution >= 4 is 42.0 Å². The third-order valence-electron chi connectivity index (χ3n) is 14.9. The van der Waals surface area contributed by atoms with Crippen LogP contribution in [0.2, 0.25) is 0 Å². The van der Waals surface area contributed by atoms with E-state index in [-0.39, 0.29) is 62.2 Å². The maximum absolute atomic E-state index is 14.5. The fourth-order valence-corrected chi connectivity index (χ4v) is 12.0. The van der Waals surface area contributed by atoms with Gasteiger partial charge in [0.2, 0.25) is 18.3 Å². The quantitative estimate of drug-likeness (QED) is 0.119. The topological polar surface area (TPSA) is 216 Å². The molecule has 1 saturated carbocycles. The Morgan fingerprint density at radius 1 is 0.857 bits per heavy atom. The molecule has 3 aliphatic carbocycles. The van der Waals surface area contributed by atoms with Gasteiger partial charge >= 0.3 is 30.0 Å². The summed E-state index contributed by atoms with van der Waals surface area (Å²) >= 11 is 0. The van der Waals surface area contributed by atoms with Crippen molar-refractivity contribution in [2.45, 2.75) is 112 Å². The van der Waals surface area contributed by atoms with Gasteiger partial charge in [0, 0.05) is 57.5 Å². The van der Waals surface area contributed by atoms with E-state index in [2.05, 4.69) is 24.3 Å². The van der Waals surface area contributed by atoms with Crippen molar-refractivity contribution in [3.63, 3.8) is 0 Å². The number of furan rings is 1. The first kappa shape index (κ1) is 46.5. The number of piperidine rings is 1. The van der Waals surface area contributed by atoms with Gasteiger partial charge in [-0.25, -0.2) is 9.59 Å². The molecule has 0 radical (unpaired) electrons. The molecule has 18 heteroatoms. The Labute approximate surface area is 402 Å². The fourth-order valence-electron chi connectivity index (χ4n) is 12.0. The van der Waals surface area contributed by atoms with Crippen LogP contribution in [0.25, 0.3) is 17.2 Å². The number of fused-ring (bicyclic) bond motifs is 3. The summed E-state index contributed by atoms with van der Waals surface area (Å²) in [6.45, 7) is 3.53. The van der Waals surface area contributed by atoms with Crippen molar-refractivity contribution in [1.29, 1.82) is 0 Å². The minimum absolute atomic E-state index is 0.0353. The average Bonchev–Trinajstić information content (AvgIpc) is 4.07. The number of methoxy groups -OCH3 is 1. The second kappa shape index (κ2) is 18.0. The molecule has 2 amide bonds. The average molecular weight is 961 g/mol. The highest BCUT2D eigenvalue weighted by Crippen LogP contribution is 2.66. The summed E-state index contributed by atoms with van der Waals surface area (Å²) in [4.78, 5) is 82.6. The van der Waals surface area contributed by atoms with E-state index in [0.29, 0.717) is 11.1 Å². The highest BCUT2D eigenvalue weighted by Gasteiger charge is 2.74. The zero-order valence-electron chi connectivity index (χ0n) is 39.1. The Kier molecular flexibility index (Phi) is 11.9. The fraction of sp³-hybridized carbons (Fsp3) is 0.423. The number of hydrogen-bond acceptors (Lipinski definition) is 16. The number of carbonyl (C=O) groups excluding carboxylic acids is 6. The van der Waals surface area contributed by atoms with Gasteiger partial charge in [0.25, 0.3) is 0 Å². The van der Waals surface area contributed by atoms with Gasteiger partial charge in [-0.05, 0) is 71.7 Å². The normalized spacial score (nSPS) is 28.9. The van der Waals surface area contributed by atoms with Crippen LogP contribution in [-0.4, -0.2) is 133 Å². The molecule has 10 rings (SSSR count). The van der Waals surface area contributed by atoms with Crippen LogP contribution in [0.5, 0.6) is 11.5 Å². The third kappa shape index (κ3) is 7.55. The highest BCUT2D eigenvalue weighted by atomic mass is 16.7. The van der Waals surface area contributed by atoms with Crippen molar-refractivity contribution in [3.05, 3.63) is 113 Å². The largest absolute Gasteiger partial charge is 0.483 e. The lowest BCUT2D eigenvalue weighted by Gasteiger charge is -2.64. The second-order valence-corrected chi connectivity index (χ2v) is 18.6. The third-order valence-corrected chi connectivity index (χ3v) is 14.9. The maximum atomic E-state index is 14.5. The number of amides is 2. The summed E-state index contributed by atoms with van der Waals surface area (Å²) < 4.78 is 52.8. The number of rotatable bonds is 11. The van der Waals surface area contributed by atoms with Gasteiger partial charge < -0.3 is 57.2 Å². The zero-order chi connectivity index (χ0) is 49.2. The molecule has 3 aromatic carbocycles. The van der Waals surface area contributed by atoms with Crippen LogP contribution in [-0.2, 0) is 64.2 Å². The van der Waals surface area contributed by atoms with Crippen LogP contribution in [0.4, 0.5) is 4.79 Å². The minimum Gasteiger partial charge on any atom is -0.483 e. The molecular formula is C52H52N2O16. The van der Waals surface area contributed by atoms with E-state index in [9.17, 15) is 33.9 Å². The molecule has 1 aromatic heterocycles. The number of nitrogens with zero attached hydrogens (tertiary/aromatic N) is 2. The second-order valence-electron chi connectivity index (χ2n) is 18.6. The SMILES string of the molecule is COC(=O)[C@H]1O[C@@H](Oc2ccc3c4c2O[C@H]2[C@H](N(C)C(=O)/C=C/c5ccoc5)CC[C@@]5(O)[C@@H](C3)N(C(=O)OCC3c6ccccc6-c6ccccc63)CC[C@]425)[C@H](OC(C)=O)[C@@H](OC(C)=O)[C@@H]1OC(C)=O. The van der Waals surface area contributed by atoms with Gasteiger partial charge in [0.05, 0.1) is 42.7 Å². The lowest BCUT2D eigenvalue weighted by atomic mass is 9.48. The Morgan fingerprint density at radius 2 is 1.53 bits per heavy atom. The zero-order valence-corrected chi connectivity index (χ0v) is 39.1. The van der Waals surface area contributed by atoms with E-state index >= 15 is 0 Å². The molecule has 2 saturated heterocycles. The Morgan fingerprint density at radius 3 is 2.19 bits per heavy atom. The Hall–Kier alpha value is -7.18. The summed E-state index contributed by atoms with van der Waals surface area (Å²) in [5.74, 6) is -3.85. The van der Waals surface area contributed by atoms with Crippen molar-refractivity contribution in [3.8, 4) is 22.6 Å². The van der Waals surface area contributed by atoms with Crippen LogP contribution < -0.4 is 9.47 Å². The lowest BCUT2D eigenvalue weighted by molar-refractivity contribution is -0.282. The molecule has 2 bridgehead atoms. The van der Waals surface area contributed by atoms with Gasteiger partial charge in [0.1, 0.15) is 12.7 Å². The monoisotopic (exact) mass is 960 g/mol. The molecule has 4 heterocycles. The molecule has 70 heavy (non-hydrogen) atoms. The molecule has 1 spiro atoms. The van der Waals surface area contributed by atoms with Crippen molar-refractivity contribution in [2.24, 2.45) is 0 Å². The van der Waals surface area contributed by atoms with E-state index in [1.165, 1.54) is 18.6 Å². The molecule has 4 aromatic rings. The summed E-state index contributed by atoms with van der Waals surface area (Å²) in [5.41, 5.74) is 3.53. The van der Waals surface area contributed by atoms with Crippen molar-refractivity contribution in [1.82, 2.24) is 9.80 Å². The number of ether oxygens (including phenoxy) is 8. The number of likely N-dealkylation sites (N-methyl/N-ethyl adjacent to an activating group) is 1. The summed E-state index contributed by atoms with van der Waals surface area (Å²) in [5, 5.41) is 13.5. The summed E-state index contributed by atoms with van der Waals surface area (Å²) in [6, 6.07) is 19.9. The Balaban J connectivity index is 1.02. The van der Waals surface area contributed by atoms with Crippen molar-refractivity contribution in [2.75, 3.05) is 27.3 Å². The first-order chi connectivity index (χ1) is 33.6. The molecule has 18 nitrogen and oxygen atoms in total. The number of esters is 4. The van der Waals surface area contributed by atoms with Crippen LogP contribution in [0.1, 0.15) is 73.8 Å². The highest BCUT2D eigenvalue weighted by molar-refractivity contribution is 5.92. The predicted octanol–water partition coefficient (Wildman–Crippen LogP) is 5.00. The molecule has 10 atom stereocenters. The number of hydrogen-bond donors (Lipinski definition) is 1. The first-order valence-electron chi connectivity index (χ1n) is 23.2. The molecular weight excluding hydrogens is 909 g/mol. The van der Waals surface area contributed by atoms with E-state index in [1.807, 2.05) is 24.3 Å². The number of likely N-dealkylation sites (tertiary alicyclic amines) is 1. The molecule has 1 N–H and O–H groups in total. The smallest absolute Gasteiger partial charge is 0.410 e. The van der Waals surface area contributed by atoms with Crippen LogP contribution >= 0.6 is 0 Å². The molecule has 0 unspecified atom stereocenters. The van der Waals surface area contributed by atoms with E-state index < -0.39 is 89.9 Å². The minimum atomic E-state index is -1.73. The van der Waals surface area contributed by atoms with Crippen LogP contribution in [0, 0.1) is 0 Å². The summed E-state index contributed by atoms with van der Waals surface area (Å²) in [7, 11) is 2.76. The van der Waals surface area contributed by atoms with Gasteiger partial charge in [0.15, 0.2) is 29.8 Å². The lowest BCUT2D eigenvalue weighted by Crippen LogP contribution is -2.78. The van der Waals surface area contributed by atoms with E-state index in [1.54, 1.807) is 41.1 Å². The molecule has 6 aliphatic rings.